The minimum absolute atomic E-state index is 0.124. The van der Waals surface area contributed by atoms with Crippen LogP contribution in [-0.4, -0.2) is 11.9 Å². The van der Waals surface area contributed by atoms with Gasteiger partial charge in [-0.2, -0.15) is 0 Å². The fourth-order valence-electron chi connectivity index (χ4n) is 2.58. The van der Waals surface area contributed by atoms with E-state index >= 15 is 0 Å². The Bertz CT molecular complexity index is 571. The minimum atomic E-state index is 0.124. The molecule has 1 aliphatic heterocycles. The molecule has 1 heterocycles. The van der Waals surface area contributed by atoms with E-state index in [1.165, 1.54) is 16.0 Å². The zero-order valence-corrected chi connectivity index (χ0v) is 13.1. The third-order valence-electron chi connectivity index (χ3n) is 3.90. The minimum Gasteiger partial charge on any atom is -0.492 e. The van der Waals surface area contributed by atoms with Gasteiger partial charge in [-0.15, -0.1) is 11.8 Å². The summed E-state index contributed by atoms with van der Waals surface area (Å²) in [5.41, 5.74) is 8.64. The zero-order chi connectivity index (χ0) is 14.7. The van der Waals surface area contributed by atoms with Gasteiger partial charge in [-0.3, -0.25) is 0 Å². The highest BCUT2D eigenvalue weighted by Gasteiger charge is 2.22. The van der Waals surface area contributed by atoms with Gasteiger partial charge in [0.25, 0.3) is 0 Å². The van der Waals surface area contributed by atoms with Crippen LogP contribution in [0.1, 0.15) is 30.5 Å². The first-order valence-electron chi connectivity index (χ1n) is 7.49. The van der Waals surface area contributed by atoms with Crippen LogP contribution in [0, 0.1) is 0 Å². The fourth-order valence-corrected chi connectivity index (χ4v) is 3.80. The number of thioether (sulfide) groups is 1. The van der Waals surface area contributed by atoms with Gasteiger partial charge in [-0.05, 0) is 42.2 Å². The maximum absolute atomic E-state index is 6.02. The number of nitrogens with two attached hydrogens (primary N) is 1. The van der Waals surface area contributed by atoms with Gasteiger partial charge in [-0.1, -0.05) is 37.3 Å². The molecule has 0 aromatic heterocycles. The number of benzene rings is 2. The van der Waals surface area contributed by atoms with Gasteiger partial charge in [0.2, 0.25) is 0 Å². The van der Waals surface area contributed by atoms with Gasteiger partial charge < -0.3 is 10.5 Å². The Morgan fingerprint density at radius 2 is 1.95 bits per heavy atom. The first kappa shape index (κ1) is 14.5. The summed E-state index contributed by atoms with van der Waals surface area (Å²) in [5, 5.41) is 0.514. The molecule has 21 heavy (non-hydrogen) atoms. The second-order valence-electron chi connectivity index (χ2n) is 5.45. The van der Waals surface area contributed by atoms with Crippen molar-refractivity contribution < 1.29 is 4.74 Å². The van der Waals surface area contributed by atoms with Crippen molar-refractivity contribution in [3.8, 4) is 5.75 Å². The second-order valence-corrected chi connectivity index (χ2v) is 6.79. The third kappa shape index (κ3) is 3.42. The monoisotopic (exact) mass is 299 g/mol. The average molecular weight is 299 g/mol. The molecule has 2 aromatic rings. The summed E-state index contributed by atoms with van der Waals surface area (Å²) < 4.78 is 5.93. The molecule has 1 aliphatic rings. The van der Waals surface area contributed by atoms with Crippen molar-refractivity contribution in [3.63, 3.8) is 0 Å². The van der Waals surface area contributed by atoms with Crippen molar-refractivity contribution in [2.75, 3.05) is 6.61 Å². The van der Waals surface area contributed by atoms with Gasteiger partial charge in [-0.25, -0.2) is 0 Å². The third-order valence-corrected chi connectivity index (χ3v) is 5.19. The number of hydrogen-bond acceptors (Lipinski definition) is 3. The highest BCUT2D eigenvalue weighted by molar-refractivity contribution is 8.00. The van der Waals surface area contributed by atoms with Crippen LogP contribution in [0.4, 0.5) is 0 Å². The average Bonchev–Trinajstić information content (AvgIpc) is 2.95. The Morgan fingerprint density at radius 1 is 1.19 bits per heavy atom. The standard InChI is InChI=1S/C18H21NOS/c1-2-17(19)13-7-9-15(10-8-13)20-12-16-11-14-5-3-4-6-18(14)21-16/h3-10,16-17H,2,11-12,19H2,1H3/t16?,17-/m0/s1. The van der Waals surface area contributed by atoms with Crippen molar-refractivity contribution in [2.24, 2.45) is 5.73 Å². The topological polar surface area (TPSA) is 35.2 Å². The molecule has 3 heteroatoms. The molecule has 0 amide bonds. The molecule has 110 valence electrons. The van der Waals surface area contributed by atoms with E-state index < -0.39 is 0 Å². The quantitative estimate of drug-likeness (QED) is 0.899. The Kier molecular flexibility index (Phi) is 4.51. The van der Waals surface area contributed by atoms with Crippen LogP contribution in [-0.2, 0) is 6.42 Å². The number of ether oxygens (including phenoxy) is 1. The lowest BCUT2D eigenvalue weighted by Gasteiger charge is -2.13. The van der Waals surface area contributed by atoms with Crippen LogP contribution in [0.3, 0.4) is 0 Å². The summed E-state index contributed by atoms with van der Waals surface area (Å²) in [6.45, 7) is 2.85. The van der Waals surface area contributed by atoms with Crippen LogP contribution in [0.25, 0.3) is 0 Å². The lowest BCUT2D eigenvalue weighted by Crippen LogP contribution is -2.13. The van der Waals surface area contributed by atoms with Gasteiger partial charge in [0, 0.05) is 16.2 Å². The molecule has 0 saturated heterocycles. The maximum Gasteiger partial charge on any atom is 0.119 e. The molecule has 2 nitrogen and oxygen atoms in total. The molecule has 0 saturated carbocycles. The van der Waals surface area contributed by atoms with E-state index in [1.54, 1.807) is 0 Å². The van der Waals surface area contributed by atoms with Gasteiger partial charge in [0.1, 0.15) is 12.4 Å². The molecule has 2 aromatic carbocycles. The normalized spacial score (nSPS) is 18.3. The van der Waals surface area contributed by atoms with E-state index in [0.717, 1.165) is 25.2 Å². The summed E-state index contributed by atoms with van der Waals surface area (Å²) in [4.78, 5) is 1.40. The molecule has 0 spiro atoms. The Hall–Kier alpha value is -1.45. The predicted molar refractivity (Wildman–Crippen MR) is 88.9 cm³/mol. The van der Waals surface area contributed by atoms with E-state index in [2.05, 4.69) is 43.3 Å². The van der Waals surface area contributed by atoms with Crippen LogP contribution < -0.4 is 10.5 Å². The summed E-state index contributed by atoms with van der Waals surface area (Å²) in [5.74, 6) is 0.929. The maximum atomic E-state index is 6.02. The van der Waals surface area contributed by atoms with E-state index in [-0.39, 0.29) is 6.04 Å². The smallest absolute Gasteiger partial charge is 0.119 e. The van der Waals surface area contributed by atoms with Crippen LogP contribution >= 0.6 is 11.8 Å². The van der Waals surface area contributed by atoms with E-state index in [9.17, 15) is 0 Å². The fraction of sp³-hybridized carbons (Fsp3) is 0.333. The molecule has 1 unspecified atom stereocenters. The predicted octanol–water partition coefficient (Wildman–Crippen LogP) is 4.19. The van der Waals surface area contributed by atoms with Crippen molar-refractivity contribution >= 4 is 11.8 Å². The van der Waals surface area contributed by atoms with Crippen LogP contribution in [0.5, 0.6) is 5.75 Å². The molecule has 0 aliphatic carbocycles. The van der Waals surface area contributed by atoms with E-state index in [1.807, 2.05) is 23.9 Å². The van der Waals surface area contributed by atoms with E-state index in [4.69, 9.17) is 10.5 Å². The first-order valence-corrected chi connectivity index (χ1v) is 8.37. The molecule has 2 atom stereocenters. The number of rotatable bonds is 5. The SMILES string of the molecule is CC[C@H](N)c1ccc(OCC2Cc3ccccc3S2)cc1. The summed E-state index contributed by atoms with van der Waals surface area (Å²) in [7, 11) is 0. The van der Waals surface area contributed by atoms with E-state index in [0.29, 0.717) is 5.25 Å². The molecule has 3 rings (SSSR count). The summed E-state index contributed by atoms with van der Waals surface area (Å²) in [6.07, 6.45) is 2.05. The molecule has 0 radical (unpaired) electrons. The zero-order valence-electron chi connectivity index (χ0n) is 12.3. The van der Waals surface area contributed by atoms with Gasteiger partial charge in [0.15, 0.2) is 0 Å². The van der Waals surface area contributed by atoms with Gasteiger partial charge in [0.05, 0.1) is 0 Å². The highest BCUT2D eigenvalue weighted by Crippen LogP contribution is 2.36. The van der Waals surface area contributed by atoms with Crippen molar-refractivity contribution in [1.29, 1.82) is 0 Å². The second kappa shape index (κ2) is 6.54. The Labute approximate surface area is 130 Å². The van der Waals surface area contributed by atoms with Crippen molar-refractivity contribution in [1.82, 2.24) is 0 Å². The summed E-state index contributed by atoms with van der Waals surface area (Å²) >= 11 is 1.92. The number of fused-ring (bicyclic) bond motifs is 1. The van der Waals surface area contributed by atoms with Crippen LogP contribution in [0.15, 0.2) is 53.4 Å². The lowest BCUT2D eigenvalue weighted by molar-refractivity contribution is 0.317. The Balaban J connectivity index is 1.55. The molecule has 0 fully saturated rings. The van der Waals surface area contributed by atoms with Crippen molar-refractivity contribution in [2.45, 2.75) is 36.0 Å². The van der Waals surface area contributed by atoms with Gasteiger partial charge >= 0.3 is 0 Å². The molecule has 2 N–H and O–H groups in total. The molecular formula is C18H21NOS. The molecular weight excluding hydrogens is 278 g/mol. The lowest BCUT2D eigenvalue weighted by atomic mass is 10.1. The Morgan fingerprint density at radius 3 is 2.67 bits per heavy atom. The van der Waals surface area contributed by atoms with Crippen LogP contribution in [0.2, 0.25) is 0 Å². The highest BCUT2D eigenvalue weighted by atomic mass is 32.2. The number of hydrogen-bond donors (Lipinski definition) is 1. The molecule has 0 bridgehead atoms. The summed E-state index contributed by atoms with van der Waals surface area (Å²) in [6, 6.07) is 16.9. The largest absolute Gasteiger partial charge is 0.492 e. The van der Waals surface area contributed by atoms with Crippen molar-refractivity contribution in [3.05, 3.63) is 59.7 Å². The first-order chi connectivity index (χ1) is 10.3.